The second-order valence-electron chi connectivity index (χ2n) is 6.11. The standard InChI is InChI=1S/C18H28O2/c1-6-13-19-14-12-16(3)9-7-8-15(2)10-11-17-18(4,5)20-17/h1,8,12,17H,7,9-11,13-14H2,2-5H3. The van der Waals surface area contributed by atoms with Crippen molar-refractivity contribution in [2.45, 2.75) is 65.1 Å². The van der Waals surface area contributed by atoms with Gasteiger partial charge in [-0.05, 0) is 53.4 Å². The molecule has 0 amide bonds. The van der Waals surface area contributed by atoms with Gasteiger partial charge in [-0.25, -0.2) is 0 Å². The van der Waals surface area contributed by atoms with Crippen LogP contribution in [0.3, 0.4) is 0 Å². The Kier molecular flexibility index (Phi) is 7.05. The average Bonchev–Trinajstić information content (AvgIpc) is 3.00. The number of allylic oxidation sites excluding steroid dienone is 3. The molecule has 0 aromatic carbocycles. The van der Waals surface area contributed by atoms with Gasteiger partial charge in [-0.15, -0.1) is 6.42 Å². The molecule has 1 unspecified atom stereocenters. The van der Waals surface area contributed by atoms with Crippen molar-refractivity contribution in [2.24, 2.45) is 0 Å². The molecule has 112 valence electrons. The molecule has 1 aliphatic rings. The van der Waals surface area contributed by atoms with Gasteiger partial charge in [0.2, 0.25) is 0 Å². The average molecular weight is 276 g/mol. The van der Waals surface area contributed by atoms with Crippen molar-refractivity contribution >= 4 is 0 Å². The zero-order valence-corrected chi connectivity index (χ0v) is 13.4. The SMILES string of the molecule is C#CCOCC=C(C)CCC=C(C)CCC1OC1(C)C. The van der Waals surface area contributed by atoms with Gasteiger partial charge in [0.1, 0.15) is 6.61 Å². The molecule has 1 rings (SSSR count). The molecule has 0 N–H and O–H groups in total. The molecule has 1 fully saturated rings. The summed E-state index contributed by atoms with van der Waals surface area (Å²) in [6.07, 6.45) is 14.5. The maximum Gasteiger partial charge on any atom is 0.107 e. The second-order valence-corrected chi connectivity index (χ2v) is 6.11. The Morgan fingerprint density at radius 2 is 1.90 bits per heavy atom. The summed E-state index contributed by atoms with van der Waals surface area (Å²) in [5.74, 6) is 2.46. The number of ether oxygens (including phenoxy) is 2. The van der Waals surface area contributed by atoms with E-state index in [4.69, 9.17) is 15.9 Å². The van der Waals surface area contributed by atoms with Crippen LogP contribution in [0.2, 0.25) is 0 Å². The summed E-state index contributed by atoms with van der Waals surface area (Å²) in [4.78, 5) is 0. The van der Waals surface area contributed by atoms with Crippen molar-refractivity contribution < 1.29 is 9.47 Å². The molecule has 1 heterocycles. The topological polar surface area (TPSA) is 21.8 Å². The summed E-state index contributed by atoms with van der Waals surface area (Å²) in [7, 11) is 0. The minimum absolute atomic E-state index is 0.123. The minimum atomic E-state index is 0.123. The first kappa shape index (κ1) is 17.0. The van der Waals surface area contributed by atoms with E-state index in [9.17, 15) is 0 Å². The van der Waals surface area contributed by atoms with Crippen LogP contribution in [0.15, 0.2) is 23.3 Å². The van der Waals surface area contributed by atoms with Crippen LogP contribution >= 0.6 is 0 Å². The normalized spacial score (nSPS) is 21.6. The summed E-state index contributed by atoms with van der Waals surface area (Å²) in [5.41, 5.74) is 2.95. The molecule has 1 saturated heterocycles. The molecule has 0 aliphatic carbocycles. The molecule has 0 radical (unpaired) electrons. The molecule has 0 saturated carbocycles. The number of hydrogen-bond donors (Lipinski definition) is 0. The molecule has 1 atom stereocenters. The van der Waals surface area contributed by atoms with Crippen molar-refractivity contribution in [1.29, 1.82) is 0 Å². The first-order chi connectivity index (χ1) is 9.45. The van der Waals surface area contributed by atoms with Gasteiger partial charge < -0.3 is 9.47 Å². The van der Waals surface area contributed by atoms with E-state index < -0.39 is 0 Å². The fourth-order valence-electron chi connectivity index (χ4n) is 2.17. The lowest BCUT2D eigenvalue weighted by Gasteiger charge is -2.02. The lowest BCUT2D eigenvalue weighted by molar-refractivity contribution is 0.198. The number of terminal acetylenes is 1. The Bertz CT molecular complexity index is 396. The first-order valence-corrected chi connectivity index (χ1v) is 7.46. The zero-order valence-electron chi connectivity index (χ0n) is 13.4. The predicted molar refractivity (Wildman–Crippen MR) is 84.6 cm³/mol. The van der Waals surface area contributed by atoms with Crippen LogP contribution in [-0.2, 0) is 9.47 Å². The zero-order chi connectivity index (χ0) is 15.0. The van der Waals surface area contributed by atoms with Gasteiger partial charge in [-0.1, -0.05) is 29.2 Å². The van der Waals surface area contributed by atoms with Gasteiger partial charge in [0.25, 0.3) is 0 Å². The third kappa shape index (κ3) is 6.93. The van der Waals surface area contributed by atoms with Gasteiger partial charge in [-0.3, -0.25) is 0 Å². The van der Waals surface area contributed by atoms with E-state index >= 15 is 0 Å². The second kappa shape index (κ2) is 8.29. The Balaban J connectivity index is 2.11. The Hall–Kier alpha value is -1.04. The maximum absolute atomic E-state index is 5.60. The van der Waals surface area contributed by atoms with Crippen molar-refractivity contribution in [3.8, 4) is 12.3 Å². The largest absolute Gasteiger partial charge is 0.367 e. The molecular formula is C18H28O2. The smallest absolute Gasteiger partial charge is 0.107 e. The van der Waals surface area contributed by atoms with Crippen LogP contribution in [0.1, 0.15) is 53.4 Å². The van der Waals surface area contributed by atoms with Crippen LogP contribution in [-0.4, -0.2) is 24.9 Å². The van der Waals surface area contributed by atoms with Gasteiger partial charge in [0.15, 0.2) is 0 Å². The highest BCUT2D eigenvalue weighted by Crippen LogP contribution is 2.38. The Labute approximate surface area is 124 Å². The van der Waals surface area contributed by atoms with E-state index in [-0.39, 0.29) is 5.60 Å². The summed E-state index contributed by atoms with van der Waals surface area (Å²) >= 11 is 0. The van der Waals surface area contributed by atoms with Gasteiger partial charge in [-0.2, -0.15) is 0 Å². The van der Waals surface area contributed by atoms with E-state index in [1.807, 2.05) is 0 Å². The molecule has 0 bridgehead atoms. The number of epoxide rings is 1. The van der Waals surface area contributed by atoms with Gasteiger partial charge in [0.05, 0.1) is 18.3 Å². The fourth-order valence-corrected chi connectivity index (χ4v) is 2.17. The first-order valence-electron chi connectivity index (χ1n) is 7.46. The van der Waals surface area contributed by atoms with E-state index in [0.717, 1.165) is 25.7 Å². The van der Waals surface area contributed by atoms with E-state index in [1.165, 1.54) is 11.1 Å². The molecule has 20 heavy (non-hydrogen) atoms. The molecular weight excluding hydrogens is 248 g/mol. The van der Waals surface area contributed by atoms with Crippen LogP contribution in [0.25, 0.3) is 0 Å². The molecule has 2 nitrogen and oxygen atoms in total. The summed E-state index contributed by atoms with van der Waals surface area (Å²) in [6.45, 7) is 9.68. The molecule has 2 heteroatoms. The van der Waals surface area contributed by atoms with Crippen LogP contribution < -0.4 is 0 Å². The van der Waals surface area contributed by atoms with Crippen molar-refractivity contribution in [1.82, 2.24) is 0 Å². The van der Waals surface area contributed by atoms with Crippen LogP contribution in [0.5, 0.6) is 0 Å². The maximum atomic E-state index is 5.60. The molecule has 0 spiro atoms. The van der Waals surface area contributed by atoms with E-state index in [1.54, 1.807) is 0 Å². The van der Waals surface area contributed by atoms with Crippen LogP contribution in [0.4, 0.5) is 0 Å². The Morgan fingerprint density at radius 3 is 2.50 bits per heavy atom. The monoisotopic (exact) mass is 276 g/mol. The lowest BCUT2D eigenvalue weighted by atomic mass is 10.0. The van der Waals surface area contributed by atoms with Gasteiger partial charge in [0, 0.05) is 0 Å². The third-order valence-electron chi connectivity index (χ3n) is 3.73. The quantitative estimate of drug-likeness (QED) is 0.271. The molecule has 0 aromatic rings. The third-order valence-corrected chi connectivity index (χ3v) is 3.73. The number of rotatable bonds is 9. The molecule has 1 aliphatic heterocycles. The van der Waals surface area contributed by atoms with Crippen molar-refractivity contribution in [3.63, 3.8) is 0 Å². The summed E-state index contributed by atoms with van der Waals surface area (Å²) in [6, 6.07) is 0. The van der Waals surface area contributed by atoms with Crippen molar-refractivity contribution in [3.05, 3.63) is 23.3 Å². The van der Waals surface area contributed by atoms with Gasteiger partial charge >= 0.3 is 0 Å². The van der Waals surface area contributed by atoms with Crippen LogP contribution in [0, 0.1) is 12.3 Å². The molecule has 0 aromatic heterocycles. The lowest BCUT2D eigenvalue weighted by Crippen LogP contribution is -2.02. The number of hydrogen-bond acceptors (Lipinski definition) is 2. The minimum Gasteiger partial charge on any atom is -0.367 e. The predicted octanol–water partition coefficient (Wildman–Crippen LogP) is 4.27. The van der Waals surface area contributed by atoms with Crippen molar-refractivity contribution in [2.75, 3.05) is 13.2 Å². The Morgan fingerprint density at radius 1 is 1.25 bits per heavy atom. The highest BCUT2D eigenvalue weighted by molar-refractivity contribution is 5.05. The highest BCUT2D eigenvalue weighted by Gasteiger charge is 2.46. The van der Waals surface area contributed by atoms with E-state index in [0.29, 0.717) is 19.3 Å². The van der Waals surface area contributed by atoms with E-state index in [2.05, 4.69) is 45.8 Å². The highest BCUT2D eigenvalue weighted by atomic mass is 16.6. The summed E-state index contributed by atoms with van der Waals surface area (Å²) < 4.78 is 10.8. The summed E-state index contributed by atoms with van der Waals surface area (Å²) in [5, 5.41) is 0. The fraction of sp³-hybridized carbons (Fsp3) is 0.667.